The van der Waals surface area contributed by atoms with Crippen molar-refractivity contribution in [2.24, 2.45) is 0 Å². The number of rotatable bonds is 7. The van der Waals surface area contributed by atoms with Gasteiger partial charge in [-0.25, -0.2) is 4.39 Å². The van der Waals surface area contributed by atoms with Gasteiger partial charge in [-0.1, -0.05) is 60.7 Å². The zero-order valence-electron chi connectivity index (χ0n) is 15.7. The van der Waals surface area contributed by atoms with E-state index in [1.54, 1.807) is 18.2 Å². The van der Waals surface area contributed by atoms with Crippen LogP contribution in [-0.2, 0) is 20.7 Å². The van der Waals surface area contributed by atoms with Crippen molar-refractivity contribution >= 4 is 22.6 Å². The summed E-state index contributed by atoms with van der Waals surface area (Å²) in [6.07, 6.45) is 0.257. The molecule has 0 radical (unpaired) electrons. The number of hydrogen-bond acceptors (Lipinski definition) is 3. The highest BCUT2D eigenvalue weighted by Crippen LogP contribution is 2.23. The standard InChI is InChI=1S/C23H22FNO3/c1-16(19-11-6-9-17-7-2-4-10-20(17)19)25-22(26)15-28-23(27)14-13-18-8-3-5-12-21(18)24/h2-12,16H,13-15H2,1H3,(H,25,26). The molecule has 0 saturated heterocycles. The predicted molar refractivity (Wildman–Crippen MR) is 106 cm³/mol. The zero-order chi connectivity index (χ0) is 19.9. The molecular weight excluding hydrogens is 357 g/mol. The normalized spacial score (nSPS) is 11.8. The molecule has 0 heterocycles. The number of esters is 1. The van der Waals surface area contributed by atoms with E-state index >= 15 is 0 Å². The minimum atomic E-state index is -0.531. The molecule has 0 bridgehead atoms. The average Bonchev–Trinajstić information content (AvgIpc) is 2.71. The molecule has 3 rings (SSSR count). The molecule has 0 saturated carbocycles. The fourth-order valence-corrected chi connectivity index (χ4v) is 3.15. The average molecular weight is 379 g/mol. The number of benzene rings is 3. The SMILES string of the molecule is CC(NC(=O)COC(=O)CCc1ccccc1F)c1cccc2ccccc12. The third-order valence-electron chi connectivity index (χ3n) is 4.59. The first-order valence-corrected chi connectivity index (χ1v) is 9.20. The first kappa shape index (κ1) is 19.5. The first-order valence-electron chi connectivity index (χ1n) is 9.20. The quantitative estimate of drug-likeness (QED) is 0.622. The van der Waals surface area contributed by atoms with Gasteiger partial charge in [-0.3, -0.25) is 9.59 Å². The van der Waals surface area contributed by atoms with Gasteiger partial charge in [0.1, 0.15) is 5.82 Å². The van der Waals surface area contributed by atoms with Gasteiger partial charge in [0, 0.05) is 6.42 Å². The van der Waals surface area contributed by atoms with E-state index in [1.165, 1.54) is 6.07 Å². The minimum absolute atomic E-state index is 0.0209. The molecular formula is C23H22FNO3. The first-order chi connectivity index (χ1) is 13.5. The Morgan fingerprint density at radius 3 is 2.54 bits per heavy atom. The molecule has 0 spiro atoms. The number of hydrogen-bond donors (Lipinski definition) is 1. The van der Waals surface area contributed by atoms with Crippen LogP contribution in [0.5, 0.6) is 0 Å². The van der Waals surface area contributed by atoms with Gasteiger partial charge in [0.2, 0.25) is 0 Å². The summed E-state index contributed by atoms with van der Waals surface area (Å²) in [5.41, 5.74) is 1.45. The van der Waals surface area contributed by atoms with Crippen molar-refractivity contribution in [3.05, 3.63) is 83.7 Å². The minimum Gasteiger partial charge on any atom is -0.456 e. The van der Waals surface area contributed by atoms with Crippen molar-refractivity contribution in [1.82, 2.24) is 5.32 Å². The Morgan fingerprint density at radius 1 is 1.00 bits per heavy atom. The highest BCUT2D eigenvalue weighted by molar-refractivity contribution is 5.87. The Morgan fingerprint density at radius 2 is 1.71 bits per heavy atom. The molecule has 1 amide bonds. The van der Waals surface area contributed by atoms with E-state index in [0.29, 0.717) is 5.56 Å². The van der Waals surface area contributed by atoms with E-state index in [9.17, 15) is 14.0 Å². The topological polar surface area (TPSA) is 55.4 Å². The summed E-state index contributed by atoms with van der Waals surface area (Å²) < 4.78 is 18.6. The molecule has 144 valence electrons. The summed E-state index contributed by atoms with van der Waals surface area (Å²) in [5, 5.41) is 5.02. The van der Waals surface area contributed by atoms with Crippen molar-refractivity contribution in [2.45, 2.75) is 25.8 Å². The maximum atomic E-state index is 13.6. The number of nitrogens with one attached hydrogen (secondary N) is 1. The summed E-state index contributed by atoms with van der Waals surface area (Å²) in [6, 6.07) is 19.9. The van der Waals surface area contributed by atoms with Crippen LogP contribution in [-0.4, -0.2) is 18.5 Å². The van der Waals surface area contributed by atoms with Crippen LogP contribution in [0.3, 0.4) is 0 Å². The van der Waals surface area contributed by atoms with Gasteiger partial charge in [-0.15, -0.1) is 0 Å². The number of amides is 1. The molecule has 0 aliphatic heterocycles. The van der Waals surface area contributed by atoms with Gasteiger partial charge in [0.05, 0.1) is 6.04 Å². The van der Waals surface area contributed by atoms with Gasteiger partial charge < -0.3 is 10.1 Å². The number of carbonyl (C=O) groups excluding carboxylic acids is 2. The van der Waals surface area contributed by atoms with Gasteiger partial charge in [0.15, 0.2) is 6.61 Å². The molecule has 0 fully saturated rings. The largest absolute Gasteiger partial charge is 0.456 e. The lowest BCUT2D eigenvalue weighted by molar-refractivity contribution is -0.148. The summed E-state index contributed by atoms with van der Waals surface area (Å²) in [6.45, 7) is 1.53. The van der Waals surface area contributed by atoms with Crippen LogP contribution < -0.4 is 5.32 Å². The van der Waals surface area contributed by atoms with Crippen LogP contribution in [0, 0.1) is 5.82 Å². The van der Waals surface area contributed by atoms with Crippen LogP contribution >= 0.6 is 0 Å². The Hall–Kier alpha value is -3.21. The lowest BCUT2D eigenvalue weighted by Crippen LogP contribution is -2.31. The Kier molecular flexibility index (Phi) is 6.37. The molecule has 4 nitrogen and oxygen atoms in total. The van der Waals surface area contributed by atoms with E-state index < -0.39 is 5.97 Å². The van der Waals surface area contributed by atoms with Crippen LogP contribution in [0.15, 0.2) is 66.7 Å². The summed E-state index contributed by atoms with van der Waals surface area (Å²) in [7, 11) is 0. The Bertz CT molecular complexity index is 981. The molecule has 28 heavy (non-hydrogen) atoms. The molecule has 1 atom stereocenters. The molecule has 3 aromatic rings. The third-order valence-corrected chi connectivity index (χ3v) is 4.59. The van der Waals surface area contributed by atoms with Gasteiger partial charge in [0.25, 0.3) is 5.91 Å². The van der Waals surface area contributed by atoms with Gasteiger partial charge in [-0.05, 0) is 41.3 Å². The summed E-state index contributed by atoms with van der Waals surface area (Å²) in [5.74, 6) is -1.26. The third kappa shape index (κ3) is 4.94. The number of halogens is 1. The molecule has 0 aliphatic rings. The van der Waals surface area contributed by atoms with Crippen LogP contribution in [0.25, 0.3) is 10.8 Å². The second kappa shape index (κ2) is 9.13. The number of carbonyl (C=O) groups is 2. The molecule has 0 aliphatic carbocycles. The van der Waals surface area contributed by atoms with Crippen molar-refractivity contribution in [2.75, 3.05) is 6.61 Å². The number of ether oxygens (including phenoxy) is 1. The van der Waals surface area contributed by atoms with Crippen molar-refractivity contribution in [3.63, 3.8) is 0 Å². The predicted octanol–water partition coefficient (Wildman–Crippen LogP) is 4.33. The van der Waals surface area contributed by atoms with E-state index in [2.05, 4.69) is 5.32 Å². The van der Waals surface area contributed by atoms with E-state index in [4.69, 9.17) is 4.74 Å². The van der Waals surface area contributed by atoms with Crippen molar-refractivity contribution < 1.29 is 18.7 Å². The van der Waals surface area contributed by atoms with Crippen LogP contribution in [0.1, 0.15) is 30.5 Å². The fraction of sp³-hybridized carbons (Fsp3) is 0.217. The summed E-state index contributed by atoms with van der Waals surface area (Å²) in [4.78, 5) is 24.0. The lowest BCUT2D eigenvalue weighted by atomic mass is 10.00. The molecule has 3 aromatic carbocycles. The smallest absolute Gasteiger partial charge is 0.306 e. The Balaban J connectivity index is 1.49. The van der Waals surface area contributed by atoms with Crippen LogP contribution in [0.4, 0.5) is 4.39 Å². The molecule has 5 heteroatoms. The molecule has 1 unspecified atom stereocenters. The molecule has 1 N–H and O–H groups in total. The van der Waals surface area contributed by atoms with Gasteiger partial charge in [-0.2, -0.15) is 0 Å². The maximum absolute atomic E-state index is 13.6. The Labute approximate surface area is 163 Å². The highest BCUT2D eigenvalue weighted by Gasteiger charge is 2.14. The summed E-state index contributed by atoms with van der Waals surface area (Å²) >= 11 is 0. The highest BCUT2D eigenvalue weighted by atomic mass is 19.1. The second-order valence-corrected chi connectivity index (χ2v) is 6.61. The lowest BCUT2D eigenvalue weighted by Gasteiger charge is -2.16. The molecule has 0 aromatic heterocycles. The van der Waals surface area contributed by atoms with E-state index in [0.717, 1.165) is 16.3 Å². The van der Waals surface area contributed by atoms with Crippen LogP contribution in [0.2, 0.25) is 0 Å². The number of fused-ring (bicyclic) bond motifs is 1. The second-order valence-electron chi connectivity index (χ2n) is 6.61. The van der Waals surface area contributed by atoms with Crippen molar-refractivity contribution in [1.29, 1.82) is 0 Å². The monoisotopic (exact) mass is 379 g/mol. The zero-order valence-corrected chi connectivity index (χ0v) is 15.7. The maximum Gasteiger partial charge on any atom is 0.306 e. The van der Waals surface area contributed by atoms with Gasteiger partial charge >= 0.3 is 5.97 Å². The van der Waals surface area contributed by atoms with E-state index in [1.807, 2.05) is 49.4 Å². The van der Waals surface area contributed by atoms with Crippen molar-refractivity contribution in [3.8, 4) is 0 Å². The fourth-order valence-electron chi connectivity index (χ4n) is 3.15. The van der Waals surface area contributed by atoms with E-state index in [-0.39, 0.29) is 37.2 Å². The number of aryl methyl sites for hydroxylation is 1.